The first-order valence-electron chi connectivity index (χ1n) is 5.72. The van der Waals surface area contributed by atoms with Gasteiger partial charge in [-0.3, -0.25) is 0 Å². The second-order valence-corrected chi connectivity index (χ2v) is 6.91. The molecule has 0 N–H and O–H groups in total. The molecule has 0 bridgehead atoms. The molecule has 1 aromatic rings. The molecule has 1 saturated carbocycles. The Morgan fingerprint density at radius 2 is 2.00 bits per heavy atom. The highest BCUT2D eigenvalue weighted by Crippen LogP contribution is 2.62. The van der Waals surface area contributed by atoms with Gasteiger partial charge in [-0.05, 0) is 17.7 Å². The fourth-order valence-corrected chi connectivity index (χ4v) is 4.34. The Hall–Kier alpha value is -1.92. The van der Waals surface area contributed by atoms with Crippen LogP contribution in [-0.2, 0) is 9.84 Å². The second-order valence-electron chi connectivity index (χ2n) is 4.50. The predicted molar refractivity (Wildman–Crippen MR) is 66.0 cm³/mol. The number of nitrogens with zero attached hydrogens (tertiary/aromatic N) is 2. The average Bonchev–Trinajstić information content (AvgIpc) is 3.09. The molecule has 2 unspecified atom stereocenters. The van der Waals surface area contributed by atoms with E-state index in [1.165, 1.54) is 25.1 Å². The van der Waals surface area contributed by atoms with Gasteiger partial charge in [0.1, 0.15) is 11.1 Å². The van der Waals surface area contributed by atoms with Crippen LogP contribution in [0.2, 0.25) is 0 Å². The van der Waals surface area contributed by atoms with E-state index in [0.29, 0.717) is 5.56 Å². The lowest BCUT2D eigenvalue weighted by Gasteiger charge is -2.00. The lowest BCUT2D eigenvalue weighted by atomic mass is 10.0. The van der Waals surface area contributed by atoms with Crippen molar-refractivity contribution in [3.05, 3.63) is 35.6 Å². The Kier molecular flexibility index (Phi) is 3.07. The van der Waals surface area contributed by atoms with Gasteiger partial charge < -0.3 is 0 Å². The monoisotopic (exact) mass is 278 g/mol. The highest BCUT2D eigenvalue weighted by molar-refractivity contribution is 7.92. The maximum atomic E-state index is 13.2. The number of hydrogen-bond acceptors (Lipinski definition) is 4. The van der Waals surface area contributed by atoms with E-state index in [1.807, 2.05) is 0 Å². The zero-order chi connectivity index (χ0) is 14.3. The first-order valence-corrected chi connectivity index (χ1v) is 7.44. The van der Waals surface area contributed by atoms with Gasteiger partial charge in [0.25, 0.3) is 0 Å². The van der Waals surface area contributed by atoms with Crippen LogP contribution in [0.15, 0.2) is 24.3 Å². The number of sulfone groups is 1. The molecule has 2 atom stereocenters. The lowest BCUT2D eigenvalue weighted by Crippen LogP contribution is -2.15. The summed E-state index contributed by atoms with van der Waals surface area (Å²) >= 11 is 0. The molecule has 1 aliphatic rings. The molecule has 0 amide bonds. The molecule has 2 rings (SSSR count). The molecule has 0 saturated heterocycles. The first-order chi connectivity index (χ1) is 8.93. The maximum absolute atomic E-state index is 13.2. The zero-order valence-corrected chi connectivity index (χ0v) is 11.0. The van der Waals surface area contributed by atoms with Crippen molar-refractivity contribution in [1.29, 1.82) is 10.5 Å². The minimum absolute atomic E-state index is 0.144. The van der Waals surface area contributed by atoms with Gasteiger partial charge in [0.05, 0.1) is 12.1 Å². The molecule has 0 spiro atoms. The molecule has 0 heterocycles. The van der Waals surface area contributed by atoms with E-state index < -0.39 is 32.2 Å². The molecular formula is C13H11FN2O2S. The summed E-state index contributed by atoms with van der Waals surface area (Å²) in [6.07, 6.45) is 0. The maximum Gasteiger partial charge on any atom is 0.169 e. The Morgan fingerprint density at radius 1 is 1.37 bits per heavy atom. The molecule has 1 aliphatic carbocycles. The van der Waals surface area contributed by atoms with Crippen LogP contribution >= 0.6 is 0 Å². The normalized spacial score (nSPS) is 24.2. The van der Waals surface area contributed by atoms with Crippen LogP contribution in [0.3, 0.4) is 0 Å². The van der Waals surface area contributed by atoms with Gasteiger partial charge in [-0.1, -0.05) is 19.1 Å². The molecule has 6 heteroatoms. The van der Waals surface area contributed by atoms with Gasteiger partial charge >= 0.3 is 0 Å². The molecule has 98 valence electrons. The average molecular weight is 278 g/mol. The molecule has 1 aromatic carbocycles. The van der Waals surface area contributed by atoms with E-state index in [2.05, 4.69) is 0 Å². The van der Waals surface area contributed by atoms with E-state index in [9.17, 15) is 12.8 Å². The molecular weight excluding hydrogens is 267 g/mol. The van der Waals surface area contributed by atoms with E-state index in [0.717, 1.165) is 0 Å². The Labute approximate surface area is 111 Å². The van der Waals surface area contributed by atoms with Gasteiger partial charge in [0.15, 0.2) is 15.3 Å². The zero-order valence-electron chi connectivity index (χ0n) is 10.2. The van der Waals surface area contributed by atoms with Crippen LogP contribution in [0.5, 0.6) is 0 Å². The number of hydrogen-bond donors (Lipinski definition) is 0. The predicted octanol–water partition coefficient (Wildman–Crippen LogP) is 1.76. The fourth-order valence-electron chi connectivity index (χ4n) is 2.46. The number of halogens is 1. The Bertz CT molecular complexity index is 686. The van der Waals surface area contributed by atoms with Crippen molar-refractivity contribution in [3.8, 4) is 12.1 Å². The van der Waals surface area contributed by atoms with Crippen molar-refractivity contribution < 1.29 is 12.8 Å². The molecule has 0 aromatic heterocycles. The van der Waals surface area contributed by atoms with Crippen LogP contribution in [-0.4, -0.2) is 19.4 Å². The summed E-state index contributed by atoms with van der Waals surface area (Å²) in [4.78, 5) is 0. The summed E-state index contributed by atoms with van der Waals surface area (Å²) in [5.74, 6) is -1.43. The summed E-state index contributed by atoms with van der Waals surface area (Å²) in [6, 6.07) is 8.99. The van der Waals surface area contributed by atoms with E-state index in [-0.39, 0.29) is 5.75 Å². The third-order valence-corrected chi connectivity index (χ3v) is 5.72. The second kappa shape index (κ2) is 4.32. The number of rotatable bonds is 3. The van der Waals surface area contributed by atoms with Crippen molar-refractivity contribution >= 4 is 9.84 Å². The van der Waals surface area contributed by atoms with Crippen LogP contribution in [0.1, 0.15) is 18.4 Å². The summed E-state index contributed by atoms with van der Waals surface area (Å²) in [7, 11) is -3.53. The van der Waals surface area contributed by atoms with E-state index in [4.69, 9.17) is 10.5 Å². The summed E-state index contributed by atoms with van der Waals surface area (Å²) in [6.45, 7) is 1.47. The van der Waals surface area contributed by atoms with Crippen molar-refractivity contribution in [2.45, 2.75) is 18.1 Å². The minimum atomic E-state index is -3.53. The minimum Gasteiger partial charge on any atom is -0.228 e. The molecule has 0 radical (unpaired) electrons. The molecule has 4 nitrogen and oxygen atoms in total. The highest BCUT2D eigenvalue weighted by Gasteiger charge is 2.72. The van der Waals surface area contributed by atoms with Crippen molar-refractivity contribution in [1.82, 2.24) is 0 Å². The molecule has 1 fully saturated rings. The van der Waals surface area contributed by atoms with Crippen molar-refractivity contribution in [2.24, 2.45) is 5.41 Å². The highest BCUT2D eigenvalue weighted by atomic mass is 32.2. The van der Waals surface area contributed by atoms with Crippen LogP contribution in [0.4, 0.5) is 4.39 Å². The molecule has 0 aliphatic heterocycles. The number of benzene rings is 1. The van der Waals surface area contributed by atoms with Gasteiger partial charge in [0, 0.05) is 11.7 Å². The van der Waals surface area contributed by atoms with Crippen molar-refractivity contribution in [3.63, 3.8) is 0 Å². The summed E-state index contributed by atoms with van der Waals surface area (Å²) < 4.78 is 37.1. The third kappa shape index (κ3) is 1.89. The summed E-state index contributed by atoms with van der Waals surface area (Å²) in [5.41, 5.74) is -1.21. The Balaban J connectivity index is 2.53. The third-order valence-electron chi connectivity index (χ3n) is 3.50. The standard InChI is InChI=1S/C13H11FN2O2S/c1-2-19(17,18)12-11(13(12,7-15)8-16)9-4-3-5-10(14)6-9/h3-6,11-12H,2H2,1H3. The Morgan fingerprint density at radius 3 is 2.47 bits per heavy atom. The number of nitriles is 2. The molecule has 19 heavy (non-hydrogen) atoms. The van der Waals surface area contributed by atoms with Gasteiger partial charge in [-0.2, -0.15) is 10.5 Å². The SMILES string of the molecule is CCS(=O)(=O)C1C(c2cccc(F)c2)C1(C#N)C#N. The quantitative estimate of drug-likeness (QED) is 0.843. The smallest absolute Gasteiger partial charge is 0.169 e. The van der Waals surface area contributed by atoms with E-state index >= 15 is 0 Å². The largest absolute Gasteiger partial charge is 0.228 e. The van der Waals surface area contributed by atoms with Gasteiger partial charge in [-0.15, -0.1) is 0 Å². The fraction of sp³-hybridized carbons (Fsp3) is 0.385. The topological polar surface area (TPSA) is 81.7 Å². The van der Waals surface area contributed by atoms with Crippen LogP contribution < -0.4 is 0 Å². The lowest BCUT2D eigenvalue weighted by molar-refractivity contribution is 0.592. The summed E-state index contributed by atoms with van der Waals surface area (Å²) in [5, 5.41) is 17.2. The first kappa shape index (κ1) is 13.5. The van der Waals surface area contributed by atoms with Gasteiger partial charge in [0.2, 0.25) is 0 Å². The van der Waals surface area contributed by atoms with Gasteiger partial charge in [-0.25, -0.2) is 12.8 Å². The van der Waals surface area contributed by atoms with E-state index in [1.54, 1.807) is 18.2 Å². The van der Waals surface area contributed by atoms with Crippen LogP contribution in [0, 0.1) is 33.9 Å². The van der Waals surface area contributed by atoms with Crippen molar-refractivity contribution in [2.75, 3.05) is 5.75 Å². The van der Waals surface area contributed by atoms with Crippen LogP contribution in [0.25, 0.3) is 0 Å².